The van der Waals surface area contributed by atoms with Crippen LogP contribution in [0.25, 0.3) is 120 Å². The molecule has 0 radical (unpaired) electrons. The van der Waals surface area contributed by atoms with Crippen LogP contribution in [0.1, 0.15) is 22.3 Å². The number of hydrogen-bond donors (Lipinski definition) is 0. The Morgan fingerprint density at radius 3 is 1.09 bits per heavy atom. The largest absolute Gasteiger partial charge is 0.455 e. The summed E-state index contributed by atoms with van der Waals surface area (Å²) >= 11 is 0. The Bertz CT molecular complexity index is 4860. The van der Waals surface area contributed by atoms with Crippen molar-refractivity contribution in [2.24, 2.45) is 0 Å². The van der Waals surface area contributed by atoms with Crippen molar-refractivity contribution in [2.45, 2.75) is 27.7 Å². The molecule has 0 spiro atoms. The molecule has 2 heterocycles. The molecule has 0 unspecified atom stereocenters. The first-order valence-corrected chi connectivity index (χ1v) is 27.6. The molecule has 0 bridgehead atoms. The van der Waals surface area contributed by atoms with Crippen molar-refractivity contribution in [3.63, 3.8) is 0 Å². The summed E-state index contributed by atoms with van der Waals surface area (Å²) < 4.78 is 13.7. The summed E-state index contributed by atoms with van der Waals surface area (Å²) in [5.41, 5.74) is 19.5. The topological polar surface area (TPSA) is 32.8 Å². The van der Waals surface area contributed by atoms with Gasteiger partial charge in [0.05, 0.1) is 22.7 Å². The van der Waals surface area contributed by atoms with Crippen LogP contribution in [0.4, 0.5) is 34.1 Å². The highest BCUT2D eigenvalue weighted by Gasteiger charge is 2.27. The number of para-hydroxylation sites is 4. The summed E-state index contributed by atoms with van der Waals surface area (Å²) in [5, 5.41) is 16.5. The minimum atomic E-state index is 0.898. The van der Waals surface area contributed by atoms with Crippen LogP contribution in [-0.4, -0.2) is 0 Å². The zero-order valence-corrected chi connectivity index (χ0v) is 44.8. The van der Waals surface area contributed by atoms with Crippen LogP contribution >= 0.6 is 0 Å². The third-order valence-corrected chi connectivity index (χ3v) is 17.2. The minimum absolute atomic E-state index is 0.898. The lowest BCUT2D eigenvalue weighted by atomic mass is 9.90. The normalized spacial score (nSPS) is 12.0. The van der Waals surface area contributed by atoms with Crippen LogP contribution in [0.3, 0.4) is 0 Å². The van der Waals surface area contributed by atoms with Gasteiger partial charge in [-0.1, -0.05) is 182 Å². The lowest BCUT2D eigenvalue weighted by molar-refractivity contribution is 0.670. The van der Waals surface area contributed by atoms with E-state index in [0.717, 1.165) is 100 Å². The average molecular weight is 1030 g/mol. The van der Waals surface area contributed by atoms with Gasteiger partial charge < -0.3 is 18.6 Å². The first kappa shape index (κ1) is 46.0. The Labute approximate surface area is 462 Å². The second-order valence-corrected chi connectivity index (χ2v) is 21.7. The first-order chi connectivity index (χ1) is 39.3. The predicted octanol–water partition coefficient (Wildman–Crippen LogP) is 22.2. The van der Waals surface area contributed by atoms with Crippen LogP contribution in [-0.2, 0) is 0 Å². The van der Waals surface area contributed by atoms with Gasteiger partial charge in [0.1, 0.15) is 22.3 Å². The number of nitrogens with zero attached hydrogens (tertiary/aromatic N) is 2. The highest BCUT2D eigenvalue weighted by Crippen LogP contribution is 2.52. The van der Waals surface area contributed by atoms with E-state index in [2.05, 4.69) is 280 Å². The SMILES string of the molecule is Cc1ccc(-c2cccc3c2oc2cc4ccccc4cc23)c(C)c1N(c1ccccc1)c1ccc2ccc3c(N(c4ccccc4)c4c(C)ccc(-c5cccc6c5oc5cc7ccccc7cc56)c4C)ccc4ccc1c2c43. The van der Waals surface area contributed by atoms with Crippen molar-refractivity contribution in [1.82, 2.24) is 0 Å². The van der Waals surface area contributed by atoms with Gasteiger partial charge in [0, 0.05) is 54.8 Å². The van der Waals surface area contributed by atoms with Gasteiger partial charge in [-0.15, -0.1) is 0 Å². The molecule has 4 nitrogen and oxygen atoms in total. The van der Waals surface area contributed by atoms with Gasteiger partial charge in [0.15, 0.2) is 0 Å². The molecular weight excluding hydrogens is 973 g/mol. The quantitative estimate of drug-likeness (QED) is 0.142. The molecule has 2 aromatic heterocycles. The van der Waals surface area contributed by atoms with Crippen LogP contribution in [0, 0.1) is 27.7 Å². The first-order valence-electron chi connectivity index (χ1n) is 27.6. The monoisotopic (exact) mass is 1020 g/mol. The Morgan fingerprint density at radius 1 is 0.275 bits per heavy atom. The molecule has 80 heavy (non-hydrogen) atoms. The van der Waals surface area contributed by atoms with Crippen LogP contribution in [0.15, 0.2) is 251 Å². The van der Waals surface area contributed by atoms with Crippen LogP contribution in [0.5, 0.6) is 0 Å². The number of benzene rings is 14. The number of furan rings is 2. The molecule has 16 aromatic rings. The van der Waals surface area contributed by atoms with Gasteiger partial charge in [-0.2, -0.15) is 0 Å². The molecule has 0 saturated carbocycles. The van der Waals surface area contributed by atoms with Gasteiger partial charge in [-0.3, -0.25) is 0 Å². The third-order valence-electron chi connectivity index (χ3n) is 17.2. The van der Waals surface area contributed by atoms with E-state index >= 15 is 0 Å². The van der Waals surface area contributed by atoms with Gasteiger partial charge >= 0.3 is 0 Å². The van der Waals surface area contributed by atoms with Gasteiger partial charge in [-0.05, 0) is 165 Å². The van der Waals surface area contributed by atoms with E-state index < -0.39 is 0 Å². The summed E-state index contributed by atoms with van der Waals surface area (Å²) in [6.07, 6.45) is 0. The molecule has 0 aliphatic rings. The van der Waals surface area contributed by atoms with Gasteiger partial charge in [0.25, 0.3) is 0 Å². The summed E-state index contributed by atoms with van der Waals surface area (Å²) in [6, 6.07) is 88.6. The second-order valence-electron chi connectivity index (χ2n) is 21.7. The molecule has 14 aromatic carbocycles. The highest BCUT2D eigenvalue weighted by molar-refractivity contribution is 6.28. The fourth-order valence-corrected chi connectivity index (χ4v) is 13.4. The van der Waals surface area contributed by atoms with E-state index in [1.165, 1.54) is 76.1 Å². The predicted molar refractivity (Wildman–Crippen MR) is 339 cm³/mol. The molecule has 0 aliphatic heterocycles. The number of hydrogen-bond acceptors (Lipinski definition) is 4. The fraction of sp³-hybridized carbons (Fsp3) is 0.0526. The zero-order chi connectivity index (χ0) is 53.3. The molecule has 0 fully saturated rings. The molecule has 0 N–H and O–H groups in total. The average Bonchev–Trinajstić information content (AvgIpc) is 4.07. The Hall–Kier alpha value is -10.2. The number of fused-ring (bicyclic) bond motifs is 8. The van der Waals surface area contributed by atoms with Crippen molar-refractivity contribution in [1.29, 1.82) is 0 Å². The van der Waals surface area contributed by atoms with Crippen LogP contribution < -0.4 is 9.80 Å². The highest BCUT2D eigenvalue weighted by atomic mass is 16.3. The Kier molecular flexibility index (Phi) is 10.2. The molecule has 378 valence electrons. The number of anilines is 6. The summed E-state index contributed by atoms with van der Waals surface area (Å²) in [4.78, 5) is 4.98. The summed E-state index contributed by atoms with van der Waals surface area (Å²) in [6.45, 7) is 9.05. The van der Waals surface area contributed by atoms with E-state index in [1.807, 2.05) is 0 Å². The van der Waals surface area contributed by atoms with Crippen LogP contribution in [0.2, 0.25) is 0 Å². The molecule has 0 aliphatic carbocycles. The van der Waals surface area contributed by atoms with Gasteiger partial charge in [0.2, 0.25) is 0 Å². The van der Waals surface area contributed by atoms with Crippen molar-refractivity contribution >= 4 is 132 Å². The van der Waals surface area contributed by atoms with Crippen molar-refractivity contribution in [3.8, 4) is 22.3 Å². The van der Waals surface area contributed by atoms with E-state index in [-0.39, 0.29) is 0 Å². The molecular formula is C76H52N2O2. The second kappa shape index (κ2) is 17.7. The van der Waals surface area contributed by atoms with E-state index in [1.54, 1.807) is 0 Å². The molecule has 0 atom stereocenters. The summed E-state index contributed by atoms with van der Waals surface area (Å²) in [7, 11) is 0. The van der Waals surface area contributed by atoms with Gasteiger partial charge in [-0.25, -0.2) is 0 Å². The third kappa shape index (κ3) is 6.88. The van der Waals surface area contributed by atoms with E-state index in [9.17, 15) is 0 Å². The maximum atomic E-state index is 6.86. The number of aryl methyl sites for hydroxylation is 2. The number of rotatable bonds is 8. The zero-order valence-electron chi connectivity index (χ0n) is 44.8. The smallest absolute Gasteiger partial charge is 0.143 e. The van der Waals surface area contributed by atoms with E-state index in [0.29, 0.717) is 0 Å². The lowest BCUT2D eigenvalue weighted by Gasteiger charge is -2.32. The maximum absolute atomic E-state index is 6.86. The maximum Gasteiger partial charge on any atom is 0.143 e. The fourth-order valence-electron chi connectivity index (χ4n) is 13.4. The summed E-state index contributed by atoms with van der Waals surface area (Å²) in [5.74, 6) is 0. The minimum Gasteiger partial charge on any atom is -0.455 e. The Balaban J connectivity index is 0.885. The molecule has 0 amide bonds. The molecule has 0 saturated heterocycles. The standard InChI is InChI=1S/C76H52N2O2/c1-45-29-35-57(59-25-15-27-61-65-41-51-17-11-13-19-53(51)43-69(65)79-75(59)61)47(3)73(45)77(55-21-7-5-8-22-55)67-39-33-49-32-38-64-68(40-34-50-31-37-63(67)71(49)72(50)64)78(56-23-9-6-10-24-56)74-46(2)30-36-58(48(74)4)60-26-16-28-62-66-42-52-18-12-14-20-54(52)44-70(66)80-76(60)62/h5-44H,1-4H3. The molecule has 16 rings (SSSR count). The van der Waals surface area contributed by atoms with E-state index in [4.69, 9.17) is 8.83 Å². The Morgan fingerprint density at radius 2 is 0.662 bits per heavy atom. The van der Waals surface area contributed by atoms with Crippen molar-refractivity contribution < 1.29 is 8.83 Å². The lowest BCUT2D eigenvalue weighted by Crippen LogP contribution is -2.14. The van der Waals surface area contributed by atoms with Crippen molar-refractivity contribution in [3.05, 3.63) is 265 Å². The molecule has 4 heteroatoms. The van der Waals surface area contributed by atoms with Crippen molar-refractivity contribution in [2.75, 3.05) is 9.80 Å².